The van der Waals surface area contributed by atoms with Gasteiger partial charge >= 0.3 is 17.7 Å². The molecule has 0 aliphatic heterocycles. The van der Waals surface area contributed by atoms with Gasteiger partial charge in [0.15, 0.2) is 0 Å². The van der Waals surface area contributed by atoms with Gasteiger partial charge in [-0.15, -0.1) is 0 Å². The van der Waals surface area contributed by atoms with Crippen molar-refractivity contribution >= 4 is 29.4 Å². The van der Waals surface area contributed by atoms with Gasteiger partial charge in [-0.25, -0.2) is 22.4 Å². The minimum atomic E-state index is -4.29. The second kappa shape index (κ2) is 8.99. The Morgan fingerprint density at radius 1 is 1.03 bits per heavy atom. The number of nitrogens with zero attached hydrogens (tertiary/aromatic N) is 2. The summed E-state index contributed by atoms with van der Waals surface area (Å²) in [6.07, 6.45) is -3.86. The largest absolute Gasteiger partial charge is 0.357 e. The lowest BCUT2D eigenvalue weighted by Crippen LogP contribution is -2.43. The number of anilines is 1. The van der Waals surface area contributed by atoms with Gasteiger partial charge in [-0.3, -0.25) is 14.6 Å². The van der Waals surface area contributed by atoms with Crippen molar-refractivity contribution in [3.8, 4) is 0 Å². The molecule has 162 valence electrons. The normalized spacial score (nSPS) is 11.5. The molecule has 2 aromatic carbocycles. The number of imide groups is 1. The highest BCUT2D eigenvalue weighted by atomic mass is 32.2. The van der Waals surface area contributed by atoms with Gasteiger partial charge < -0.3 is 0 Å². The molecule has 0 saturated heterocycles. The predicted octanol–water partition coefficient (Wildman–Crippen LogP) is 5.55. The molecule has 0 saturated carbocycles. The smallest absolute Gasteiger partial charge is 0.297 e. The first kappa shape index (κ1) is 23.6. The summed E-state index contributed by atoms with van der Waals surface area (Å²) in [5.74, 6) is -3.50. The van der Waals surface area contributed by atoms with E-state index >= 15 is 0 Å². The topological polar surface area (TPSA) is 40.6 Å². The average molecular weight is 450 g/mol. The van der Waals surface area contributed by atoms with Gasteiger partial charge in [-0.1, -0.05) is 6.07 Å². The van der Waals surface area contributed by atoms with E-state index in [1.54, 1.807) is 0 Å². The maximum atomic E-state index is 13.8. The highest BCUT2D eigenvalue weighted by Gasteiger charge is 2.42. The van der Waals surface area contributed by atoms with Crippen molar-refractivity contribution < 1.29 is 35.9 Å². The first-order valence-corrected chi connectivity index (χ1v) is 9.13. The number of hydrogen-bond donors (Lipinski definition) is 0. The van der Waals surface area contributed by atoms with Crippen LogP contribution in [0.1, 0.15) is 15.9 Å². The Morgan fingerprint density at radius 2 is 1.60 bits per heavy atom. The van der Waals surface area contributed by atoms with Crippen LogP contribution in [-0.4, -0.2) is 42.6 Å². The summed E-state index contributed by atoms with van der Waals surface area (Å²) in [6.45, 7) is 1.45. The van der Waals surface area contributed by atoms with Gasteiger partial charge in [0.2, 0.25) is 0 Å². The monoisotopic (exact) mass is 450 g/mol. The molecule has 11 heteroatoms. The lowest BCUT2D eigenvalue weighted by atomic mass is 10.1. The fraction of sp³-hybridized carbons (Fsp3) is 0.263. The predicted molar refractivity (Wildman–Crippen MR) is 100 cm³/mol. The van der Waals surface area contributed by atoms with Gasteiger partial charge in [-0.2, -0.15) is 8.78 Å². The molecule has 0 N–H and O–H groups in total. The molecule has 2 rings (SSSR count). The first-order chi connectivity index (χ1) is 13.9. The van der Waals surface area contributed by atoms with Crippen LogP contribution >= 0.6 is 11.8 Å². The Balaban J connectivity index is 2.24. The fourth-order valence-corrected chi connectivity index (χ4v) is 3.33. The Hall–Kier alpha value is -2.69. The third-order valence-corrected chi connectivity index (χ3v) is 5.03. The summed E-state index contributed by atoms with van der Waals surface area (Å²) < 4.78 is 78.8. The summed E-state index contributed by atoms with van der Waals surface area (Å²) in [7, 11) is 2.28. The third-order valence-electron chi connectivity index (χ3n) is 4.09. The lowest BCUT2D eigenvalue weighted by molar-refractivity contribution is -0.0563. The fourth-order valence-electron chi connectivity index (χ4n) is 2.55. The number of carbonyl (C=O) groups excluding carboxylic acids is 2. The molecule has 3 amide bonds. The van der Waals surface area contributed by atoms with Gasteiger partial charge in [0.1, 0.15) is 17.2 Å². The molecule has 0 heterocycles. The average Bonchev–Trinajstić information content (AvgIpc) is 2.65. The molecule has 0 aliphatic rings. The maximum absolute atomic E-state index is 13.8. The van der Waals surface area contributed by atoms with E-state index in [0.29, 0.717) is 4.90 Å². The standard InChI is InChI=1S/C19H16F6N2O2S/c1-10-9-11(30-19(24,25)17(22)23)7-8-14(10)26(2)18(29)27(3)16(28)15-12(20)5-4-6-13(15)21/h4-9,17H,1-3H3. The number of benzene rings is 2. The molecule has 4 nitrogen and oxygen atoms in total. The number of aryl methyl sites for hydroxylation is 1. The molecule has 0 bridgehead atoms. The number of urea groups is 1. The molecule has 0 fully saturated rings. The second-order valence-electron chi connectivity index (χ2n) is 6.22. The molecule has 0 aliphatic carbocycles. The summed E-state index contributed by atoms with van der Waals surface area (Å²) in [6, 6.07) is 5.38. The number of halogens is 6. The van der Waals surface area contributed by atoms with E-state index in [1.807, 2.05) is 0 Å². The minimum absolute atomic E-state index is 0.153. The summed E-state index contributed by atoms with van der Waals surface area (Å²) in [5.41, 5.74) is -0.448. The van der Waals surface area contributed by atoms with Crippen LogP contribution in [0.15, 0.2) is 41.3 Å². The van der Waals surface area contributed by atoms with Crippen molar-refractivity contribution in [2.45, 2.75) is 23.5 Å². The summed E-state index contributed by atoms with van der Waals surface area (Å²) in [5, 5.41) is -4.29. The van der Waals surface area contributed by atoms with E-state index < -0.39 is 40.8 Å². The van der Waals surface area contributed by atoms with Crippen LogP contribution in [0.25, 0.3) is 0 Å². The zero-order valence-corrected chi connectivity index (χ0v) is 16.7. The molecule has 0 atom stereocenters. The van der Waals surface area contributed by atoms with Crippen molar-refractivity contribution in [1.82, 2.24) is 4.90 Å². The van der Waals surface area contributed by atoms with Crippen molar-refractivity contribution in [2.75, 3.05) is 19.0 Å². The second-order valence-corrected chi connectivity index (χ2v) is 7.44. The van der Waals surface area contributed by atoms with Crippen molar-refractivity contribution in [3.05, 3.63) is 59.2 Å². The quantitative estimate of drug-likeness (QED) is 0.443. The number of carbonyl (C=O) groups is 2. The van der Waals surface area contributed by atoms with Crippen molar-refractivity contribution in [1.29, 1.82) is 0 Å². The Bertz CT molecular complexity index is 950. The number of thioether (sulfide) groups is 1. The van der Waals surface area contributed by atoms with E-state index in [-0.39, 0.29) is 27.9 Å². The third kappa shape index (κ3) is 4.89. The van der Waals surface area contributed by atoms with Gasteiger partial charge in [0.05, 0.1) is 0 Å². The van der Waals surface area contributed by atoms with Gasteiger partial charge in [0, 0.05) is 24.7 Å². The lowest BCUT2D eigenvalue weighted by Gasteiger charge is -2.25. The maximum Gasteiger partial charge on any atom is 0.357 e. The van der Waals surface area contributed by atoms with Gasteiger partial charge in [0.25, 0.3) is 5.91 Å². The summed E-state index contributed by atoms with van der Waals surface area (Å²) in [4.78, 5) is 26.3. The summed E-state index contributed by atoms with van der Waals surface area (Å²) >= 11 is -0.326. The zero-order valence-electron chi connectivity index (χ0n) is 15.9. The highest BCUT2D eigenvalue weighted by molar-refractivity contribution is 8.00. The van der Waals surface area contributed by atoms with Crippen LogP contribution in [0.3, 0.4) is 0 Å². The molecule has 0 radical (unpaired) electrons. The molecule has 0 aromatic heterocycles. The molecule has 0 unspecified atom stereocenters. The van der Waals surface area contributed by atoms with Crippen LogP contribution in [0.2, 0.25) is 0 Å². The number of alkyl halides is 4. The van der Waals surface area contributed by atoms with Crippen molar-refractivity contribution in [2.24, 2.45) is 0 Å². The van der Waals surface area contributed by atoms with Crippen LogP contribution in [0.5, 0.6) is 0 Å². The zero-order chi connectivity index (χ0) is 22.8. The van der Waals surface area contributed by atoms with E-state index in [2.05, 4.69) is 0 Å². The van der Waals surface area contributed by atoms with Crippen molar-refractivity contribution in [3.63, 3.8) is 0 Å². The van der Waals surface area contributed by atoms with E-state index in [0.717, 1.165) is 36.2 Å². The Kier molecular flexibility index (Phi) is 7.06. The molecular weight excluding hydrogens is 434 g/mol. The highest BCUT2D eigenvalue weighted by Crippen LogP contribution is 2.41. The molecule has 30 heavy (non-hydrogen) atoms. The Morgan fingerprint density at radius 3 is 2.10 bits per heavy atom. The molecular formula is C19H16F6N2O2S. The Labute approximate surface area is 172 Å². The van der Waals surface area contributed by atoms with Crippen LogP contribution in [0, 0.1) is 18.6 Å². The SMILES string of the molecule is Cc1cc(SC(F)(F)C(F)F)ccc1N(C)C(=O)N(C)C(=O)c1c(F)cccc1F. The van der Waals surface area contributed by atoms with Crippen LogP contribution < -0.4 is 4.90 Å². The first-order valence-electron chi connectivity index (χ1n) is 8.32. The van der Waals surface area contributed by atoms with E-state index in [1.165, 1.54) is 26.1 Å². The van der Waals surface area contributed by atoms with Crippen LogP contribution in [0.4, 0.5) is 36.8 Å². The van der Waals surface area contributed by atoms with Crippen LogP contribution in [-0.2, 0) is 0 Å². The van der Waals surface area contributed by atoms with E-state index in [4.69, 9.17) is 0 Å². The number of hydrogen-bond acceptors (Lipinski definition) is 3. The van der Waals surface area contributed by atoms with E-state index in [9.17, 15) is 35.9 Å². The number of amides is 3. The number of rotatable bonds is 5. The minimum Gasteiger partial charge on any atom is -0.297 e. The molecule has 0 spiro atoms. The molecule has 2 aromatic rings. The van der Waals surface area contributed by atoms with Gasteiger partial charge in [-0.05, 0) is 54.6 Å².